The third-order valence-corrected chi connectivity index (χ3v) is 4.99. The molecule has 1 amide bonds. The molecule has 0 bridgehead atoms. The minimum atomic E-state index is -0.313. The van der Waals surface area contributed by atoms with E-state index < -0.39 is 0 Å². The molecule has 1 heterocycles. The van der Waals surface area contributed by atoms with Crippen LogP contribution >= 0.6 is 23.2 Å². The maximum Gasteiger partial charge on any atom is 0.274 e. The number of pyridine rings is 1. The number of nitrogens with zero attached hydrogens (tertiary/aromatic N) is 1. The predicted molar refractivity (Wildman–Crippen MR) is 99.1 cm³/mol. The highest BCUT2D eigenvalue weighted by molar-refractivity contribution is 6.44. The van der Waals surface area contributed by atoms with Gasteiger partial charge in [0.25, 0.3) is 5.91 Å². The van der Waals surface area contributed by atoms with E-state index in [2.05, 4.69) is 15.6 Å². The first-order valence-corrected chi connectivity index (χ1v) is 8.87. The third-order valence-electron chi connectivity index (χ3n) is 4.17. The van der Waals surface area contributed by atoms with Gasteiger partial charge in [-0.25, -0.2) is 0 Å². The van der Waals surface area contributed by atoms with Gasteiger partial charge < -0.3 is 10.6 Å². The van der Waals surface area contributed by atoms with E-state index >= 15 is 0 Å². The molecule has 1 fully saturated rings. The lowest BCUT2D eigenvalue weighted by Gasteiger charge is -2.23. The van der Waals surface area contributed by atoms with E-state index in [1.165, 1.54) is 32.1 Å². The molecule has 0 spiro atoms. The highest BCUT2D eigenvalue weighted by atomic mass is 35.5. The molecule has 4 nitrogen and oxygen atoms in total. The Hall–Kier alpha value is -1.78. The van der Waals surface area contributed by atoms with E-state index in [1.807, 2.05) is 6.07 Å². The zero-order valence-electron chi connectivity index (χ0n) is 13.2. The number of anilines is 2. The Morgan fingerprint density at radius 1 is 1.12 bits per heavy atom. The van der Waals surface area contributed by atoms with Gasteiger partial charge in [-0.2, -0.15) is 0 Å². The summed E-state index contributed by atoms with van der Waals surface area (Å²) in [4.78, 5) is 16.6. The van der Waals surface area contributed by atoms with Gasteiger partial charge in [-0.1, -0.05) is 48.5 Å². The van der Waals surface area contributed by atoms with Crippen LogP contribution in [0.2, 0.25) is 10.0 Å². The van der Waals surface area contributed by atoms with E-state index in [-0.39, 0.29) is 5.91 Å². The van der Waals surface area contributed by atoms with Crippen LogP contribution in [0.1, 0.15) is 42.6 Å². The first-order chi connectivity index (χ1) is 11.6. The number of hydrogen-bond donors (Lipinski definition) is 2. The normalized spacial score (nSPS) is 15.1. The second-order valence-corrected chi connectivity index (χ2v) is 6.75. The number of carbonyl (C=O) groups excluding carboxylic acids is 1. The lowest BCUT2D eigenvalue weighted by atomic mass is 9.95. The molecule has 2 N–H and O–H groups in total. The van der Waals surface area contributed by atoms with E-state index in [1.54, 1.807) is 30.5 Å². The van der Waals surface area contributed by atoms with Gasteiger partial charge in [0.15, 0.2) is 0 Å². The van der Waals surface area contributed by atoms with Crippen LogP contribution < -0.4 is 10.6 Å². The van der Waals surface area contributed by atoms with Crippen molar-refractivity contribution in [1.29, 1.82) is 0 Å². The van der Waals surface area contributed by atoms with E-state index in [4.69, 9.17) is 23.2 Å². The van der Waals surface area contributed by atoms with Crippen LogP contribution in [-0.4, -0.2) is 16.9 Å². The van der Waals surface area contributed by atoms with Gasteiger partial charge in [-0.15, -0.1) is 0 Å². The number of halogens is 2. The van der Waals surface area contributed by atoms with Crippen LogP contribution in [0.4, 0.5) is 11.4 Å². The van der Waals surface area contributed by atoms with E-state index in [9.17, 15) is 4.79 Å². The summed E-state index contributed by atoms with van der Waals surface area (Å²) in [7, 11) is 0. The molecule has 6 heteroatoms. The molecule has 0 unspecified atom stereocenters. The summed E-state index contributed by atoms with van der Waals surface area (Å²) in [5, 5.41) is 6.97. The number of carbonyl (C=O) groups is 1. The van der Waals surface area contributed by atoms with Gasteiger partial charge in [0.2, 0.25) is 0 Å². The van der Waals surface area contributed by atoms with Crippen LogP contribution in [0.5, 0.6) is 0 Å². The molecule has 0 aliphatic heterocycles. The number of benzene rings is 1. The average Bonchev–Trinajstić information content (AvgIpc) is 2.60. The maximum atomic E-state index is 12.4. The van der Waals surface area contributed by atoms with Crippen molar-refractivity contribution in [2.75, 3.05) is 10.6 Å². The fraction of sp³-hybridized carbons (Fsp3) is 0.333. The number of nitrogens with one attached hydrogen (secondary N) is 2. The molecule has 2 aromatic rings. The van der Waals surface area contributed by atoms with Crippen molar-refractivity contribution in [3.05, 3.63) is 52.3 Å². The van der Waals surface area contributed by atoms with Crippen molar-refractivity contribution in [1.82, 2.24) is 4.98 Å². The standard InChI is InChI=1S/C18H19Cl2N3O/c19-14-7-4-8-15(17(14)20)23-18(24)16-11-13(9-10-21-16)22-12-5-2-1-3-6-12/h4,7-12H,1-3,5-6H2,(H,21,22)(H,23,24). The number of hydrogen-bond acceptors (Lipinski definition) is 3. The molecule has 1 aromatic heterocycles. The van der Waals surface area contributed by atoms with Crippen LogP contribution in [0.25, 0.3) is 0 Å². The lowest BCUT2D eigenvalue weighted by molar-refractivity contribution is 0.102. The van der Waals surface area contributed by atoms with Gasteiger partial charge in [-0.05, 0) is 37.1 Å². The molecule has 1 saturated carbocycles. The van der Waals surface area contributed by atoms with Crippen molar-refractivity contribution >= 4 is 40.5 Å². The Morgan fingerprint density at radius 3 is 2.71 bits per heavy atom. The molecular weight excluding hydrogens is 345 g/mol. The lowest BCUT2D eigenvalue weighted by Crippen LogP contribution is -2.22. The first kappa shape index (κ1) is 17.1. The van der Waals surface area contributed by atoms with Crippen molar-refractivity contribution in [2.24, 2.45) is 0 Å². The van der Waals surface area contributed by atoms with Crippen LogP contribution in [0.15, 0.2) is 36.5 Å². The topological polar surface area (TPSA) is 54.0 Å². The van der Waals surface area contributed by atoms with E-state index in [0.717, 1.165) is 5.69 Å². The minimum absolute atomic E-state index is 0.313. The van der Waals surface area contributed by atoms with Gasteiger partial charge in [-0.3, -0.25) is 9.78 Å². The van der Waals surface area contributed by atoms with E-state index in [0.29, 0.717) is 27.5 Å². The Balaban J connectivity index is 1.70. The molecule has 3 rings (SSSR count). The molecule has 0 radical (unpaired) electrons. The van der Waals surface area contributed by atoms with Crippen LogP contribution in [-0.2, 0) is 0 Å². The molecule has 0 saturated heterocycles. The largest absolute Gasteiger partial charge is 0.382 e. The average molecular weight is 364 g/mol. The van der Waals surface area contributed by atoms with Gasteiger partial charge in [0.05, 0.1) is 15.7 Å². The third kappa shape index (κ3) is 4.19. The Labute approximate surface area is 151 Å². The molecule has 0 atom stereocenters. The Bertz CT molecular complexity index is 730. The summed E-state index contributed by atoms with van der Waals surface area (Å²) < 4.78 is 0. The summed E-state index contributed by atoms with van der Waals surface area (Å²) in [6.07, 6.45) is 7.79. The number of amides is 1. The molecule has 1 aliphatic carbocycles. The Kier molecular flexibility index (Phi) is 5.59. The highest BCUT2D eigenvalue weighted by Crippen LogP contribution is 2.30. The fourth-order valence-corrected chi connectivity index (χ4v) is 3.26. The first-order valence-electron chi connectivity index (χ1n) is 8.11. The smallest absolute Gasteiger partial charge is 0.274 e. The zero-order valence-corrected chi connectivity index (χ0v) is 14.7. The van der Waals surface area contributed by atoms with Gasteiger partial charge in [0, 0.05) is 17.9 Å². The van der Waals surface area contributed by atoms with Crippen molar-refractivity contribution in [3.8, 4) is 0 Å². The van der Waals surface area contributed by atoms with Gasteiger partial charge in [0.1, 0.15) is 5.69 Å². The second-order valence-electron chi connectivity index (χ2n) is 5.96. The predicted octanol–water partition coefficient (Wildman–Crippen LogP) is 5.39. The highest BCUT2D eigenvalue weighted by Gasteiger charge is 2.15. The maximum absolute atomic E-state index is 12.4. The second kappa shape index (κ2) is 7.86. The summed E-state index contributed by atoms with van der Waals surface area (Å²) in [5.41, 5.74) is 1.73. The summed E-state index contributed by atoms with van der Waals surface area (Å²) in [6.45, 7) is 0. The molecule has 126 valence electrons. The molecule has 24 heavy (non-hydrogen) atoms. The quantitative estimate of drug-likeness (QED) is 0.765. The zero-order chi connectivity index (χ0) is 16.9. The summed E-state index contributed by atoms with van der Waals surface area (Å²) in [5.74, 6) is -0.313. The molecule has 1 aliphatic rings. The summed E-state index contributed by atoms with van der Waals surface area (Å²) in [6, 6.07) is 9.24. The van der Waals surface area contributed by atoms with Crippen molar-refractivity contribution in [2.45, 2.75) is 38.1 Å². The van der Waals surface area contributed by atoms with Crippen molar-refractivity contribution in [3.63, 3.8) is 0 Å². The number of aromatic nitrogens is 1. The van der Waals surface area contributed by atoms with Crippen molar-refractivity contribution < 1.29 is 4.79 Å². The SMILES string of the molecule is O=C(Nc1cccc(Cl)c1Cl)c1cc(NC2CCCCC2)ccn1. The minimum Gasteiger partial charge on any atom is -0.382 e. The van der Waals surface area contributed by atoms with Gasteiger partial charge >= 0.3 is 0 Å². The fourth-order valence-electron chi connectivity index (χ4n) is 2.91. The number of rotatable bonds is 4. The monoisotopic (exact) mass is 363 g/mol. The van der Waals surface area contributed by atoms with Crippen LogP contribution in [0.3, 0.4) is 0 Å². The molecule has 1 aromatic carbocycles. The Morgan fingerprint density at radius 2 is 1.92 bits per heavy atom. The summed E-state index contributed by atoms with van der Waals surface area (Å²) >= 11 is 12.1. The van der Waals surface area contributed by atoms with Crippen LogP contribution in [0, 0.1) is 0 Å². The molecular formula is C18H19Cl2N3O.